The van der Waals surface area contributed by atoms with E-state index in [0.717, 1.165) is 12.6 Å². The third-order valence-corrected chi connectivity index (χ3v) is 2.39. The fourth-order valence-electron chi connectivity index (χ4n) is 1.31. The van der Waals surface area contributed by atoms with E-state index in [2.05, 4.69) is 24.1 Å². The summed E-state index contributed by atoms with van der Waals surface area (Å²) in [5, 5.41) is 2.60. The average molecular weight is 254 g/mol. The molecule has 1 rings (SSSR count). The van der Waals surface area contributed by atoms with Crippen molar-refractivity contribution >= 4 is 5.91 Å². The lowest BCUT2D eigenvalue weighted by Gasteiger charge is -2.08. The lowest BCUT2D eigenvalue weighted by molar-refractivity contribution is 0.0902. The van der Waals surface area contributed by atoms with E-state index in [1.807, 2.05) is 0 Å². The number of carbonyl (C=O) groups is 1. The highest BCUT2D eigenvalue weighted by atomic mass is 19.1. The van der Waals surface area contributed by atoms with E-state index in [0.29, 0.717) is 25.7 Å². The second-order valence-corrected chi connectivity index (χ2v) is 4.41. The van der Waals surface area contributed by atoms with Crippen molar-refractivity contribution in [2.24, 2.45) is 5.92 Å². The van der Waals surface area contributed by atoms with Crippen LogP contribution >= 0.6 is 0 Å². The van der Waals surface area contributed by atoms with Gasteiger partial charge in [0.1, 0.15) is 0 Å². The molecule has 1 aromatic rings. The zero-order valence-electron chi connectivity index (χ0n) is 10.8. The van der Waals surface area contributed by atoms with Gasteiger partial charge in [-0.15, -0.1) is 0 Å². The Morgan fingerprint density at radius 2 is 2.28 bits per heavy atom. The molecule has 5 heteroatoms. The number of nitrogens with one attached hydrogen (secondary N) is 1. The summed E-state index contributed by atoms with van der Waals surface area (Å²) in [6, 6.07) is 1.35. The number of halogens is 1. The van der Waals surface area contributed by atoms with Crippen LogP contribution in [0.25, 0.3) is 0 Å². The molecule has 0 radical (unpaired) electrons. The predicted molar refractivity (Wildman–Crippen MR) is 66.8 cm³/mol. The molecule has 0 aliphatic carbocycles. The molecule has 0 atom stereocenters. The van der Waals surface area contributed by atoms with Gasteiger partial charge in [-0.25, -0.2) is 4.39 Å². The first-order chi connectivity index (χ1) is 8.61. The van der Waals surface area contributed by atoms with Gasteiger partial charge in [0, 0.05) is 19.3 Å². The molecule has 0 aromatic carbocycles. The maximum absolute atomic E-state index is 13.2. The van der Waals surface area contributed by atoms with Gasteiger partial charge in [0.25, 0.3) is 5.91 Å². The minimum Gasteiger partial charge on any atom is -0.380 e. The Bertz CT molecular complexity index is 383. The molecule has 0 fully saturated rings. The van der Waals surface area contributed by atoms with E-state index < -0.39 is 11.7 Å². The maximum Gasteiger partial charge on any atom is 0.254 e. The monoisotopic (exact) mass is 254 g/mol. The van der Waals surface area contributed by atoms with Gasteiger partial charge in [0.05, 0.1) is 18.4 Å². The minimum atomic E-state index is -0.615. The van der Waals surface area contributed by atoms with Crippen LogP contribution < -0.4 is 5.32 Å². The van der Waals surface area contributed by atoms with Gasteiger partial charge in [-0.1, -0.05) is 13.8 Å². The molecule has 1 amide bonds. The van der Waals surface area contributed by atoms with Crippen LogP contribution in [0.5, 0.6) is 0 Å². The summed E-state index contributed by atoms with van der Waals surface area (Å²) >= 11 is 0. The SMILES string of the molecule is CC(C)CCOCCNC(=O)c1ccncc1F. The van der Waals surface area contributed by atoms with E-state index in [4.69, 9.17) is 4.74 Å². The molecule has 0 unspecified atom stereocenters. The Labute approximate surface area is 107 Å². The second kappa shape index (κ2) is 7.76. The number of nitrogens with zero attached hydrogens (tertiary/aromatic N) is 1. The Hall–Kier alpha value is -1.49. The number of carbonyl (C=O) groups excluding carboxylic acids is 1. The van der Waals surface area contributed by atoms with Crippen LogP contribution in [-0.4, -0.2) is 30.6 Å². The number of hydrogen-bond donors (Lipinski definition) is 1. The molecule has 4 nitrogen and oxygen atoms in total. The Balaban J connectivity index is 2.20. The van der Waals surface area contributed by atoms with Crippen molar-refractivity contribution in [2.75, 3.05) is 19.8 Å². The molecule has 18 heavy (non-hydrogen) atoms. The first-order valence-corrected chi connectivity index (χ1v) is 6.06. The van der Waals surface area contributed by atoms with E-state index in [9.17, 15) is 9.18 Å². The van der Waals surface area contributed by atoms with Gasteiger partial charge in [-0.2, -0.15) is 0 Å². The Morgan fingerprint density at radius 1 is 1.50 bits per heavy atom. The third-order valence-electron chi connectivity index (χ3n) is 2.39. The largest absolute Gasteiger partial charge is 0.380 e. The highest BCUT2D eigenvalue weighted by Gasteiger charge is 2.09. The first-order valence-electron chi connectivity index (χ1n) is 6.06. The summed E-state index contributed by atoms with van der Waals surface area (Å²) in [4.78, 5) is 15.2. The van der Waals surface area contributed by atoms with Gasteiger partial charge in [-0.05, 0) is 18.4 Å². The van der Waals surface area contributed by atoms with Crippen molar-refractivity contribution in [3.8, 4) is 0 Å². The summed E-state index contributed by atoms with van der Waals surface area (Å²) in [5.41, 5.74) is 0.00665. The van der Waals surface area contributed by atoms with Crippen molar-refractivity contribution in [3.63, 3.8) is 0 Å². The van der Waals surface area contributed by atoms with Gasteiger partial charge in [0.15, 0.2) is 5.82 Å². The van der Waals surface area contributed by atoms with Crippen molar-refractivity contribution in [3.05, 3.63) is 29.8 Å². The summed E-state index contributed by atoms with van der Waals surface area (Å²) < 4.78 is 18.5. The summed E-state index contributed by atoms with van der Waals surface area (Å²) in [6.45, 7) is 5.73. The average Bonchev–Trinajstić information content (AvgIpc) is 2.33. The molecule has 1 heterocycles. The van der Waals surface area contributed by atoms with Crippen molar-refractivity contribution < 1.29 is 13.9 Å². The smallest absolute Gasteiger partial charge is 0.254 e. The summed E-state index contributed by atoms with van der Waals surface area (Å²) in [7, 11) is 0. The molecular weight excluding hydrogens is 235 g/mol. The molecule has 0 bridgehead atoms. The Kier molecular flexibility index (Phi) is 6.28. The van der Waals surface area contributed by atoms with Gasteiger partial charge in [0.2, 0.25) is 0 Å². The highest BCUT2D eigenvalue weighted by molar-refractivity contribution is 5.94. The van der Waals surface area contributed by atoms with E-state index >= 15 is 0 Å². The molecule has 0 saturated carbocycles. The van der Waals surface area contributed by atoms with E-state index in [-0.39, 0.29) is 5.56 Å². The number of rotatable bonds is 7. The number of ether oxygens (including phenoxy) is 1. The fourth-order valence-corrected chi connectivity index (χ4v) is 1.31. The number of aromatic nitrogens is 1. The van der Waals surface area contributed by atoms with Crippen LogP contribution in [0.3, 0.4) is 0 Å². The van der Waals surface area contributed by atoms with E-state index in [1.54, 1.807) is 0 Å². The number of hydrogen-bond acceptors (Lipinski definition) is 3. The minimum absolute atomic E-state index is 0.00665. The molecule has 0 saturated heterocycles. The molecule has 0 spiro atoms. The molecule has 1 N–H and O–H groups in total. The molecule has 1 aromatic heterocycles. The standard InChI is InChI=1S/C13H19FN2O2/c1-10(2)4-7-18-8-6-16-13(17)11-3-5-15-9-12(11)14/h3,5,9-10H,4,6-8H2,1-2H3,(H,16,17). The van der Waals surface area contributed by atoms with E-state index in [1.165, 1.54) is 12.3 Å². The normalized spacial score (nSPS) is 10.7. The first kappa shape index (κ1) is 14.6. The third kappa shape index (κ3) is 5.23. The molecule has 100 valence electrons. The maximum atomic E-state index is 13.2. The second-order valence-electron chi connectivity index (χ2n) is 4.41. The number of pyridine rings is 1. The fraction of sp³-hybridized carbons (Fsp3) is 0.538. The highest BCUT2D eigenvalue weighted by Crippen LogP contribution is 2.03. The molecule has 0 aliphatic rings. The zero-order chi connectivity index (χ0) is 13.4. The predicted octanol–water partition coefficient (Wildman–Crippen LogP) is 2.01. The topological polar surface area (TPSA) is 51.2 Å². The lowest BCUT2D eigenvalue weighted by atomic mass is 10.1. The summed E-state index contributed by atoms with van der Waals surface area (Å²) in [5.74, 6) is -0.455. The van der Waals surface area contributed by atoms with Crippen molar-refractivity contribution in [2.45, 2.75) is 20.3 Å². The quantitative estimate of drug-likeness (QED) is 0.757. The van der Waals surface area contributed by atoms with Crippen LogP contribution in [0.4, 0.5) is 4.39 Å². The number of amides is 1. The van der Waals surface area contributed by atoms with Crippen molar-refractivity contribution in [1.82, 2.24) is 10.3 Å². The van der Waals surface area contributed by atoms with Crippen LogP contribution in [0.1, 0.15) is 30.6 Å². The van der Waals surface area contributed by atoms with Crippen LogP contribution in [0.15, 0.2) is 18.5 Å². The van der Waals surface area contributed by atoms with Crippen LogP contribution in [0.2, 0.25) is 0 Å². The summed E-state index contributed by atoms with van der Waals surface area (Å²) in [6.07, 6.45) is 3.40. The van der Waals surface area contributed by atoms with Crippen LogP contribution in [0, 0.1) is 11.7 Å². The zero-order valence-corrected chi connectivity index (χ0v) is 10.8. The molecular formula is C13H19FN2O2. The van der Waals surface area contributed by atoms with Crippen molar-refractivity contribution in [1.29, 1.82) is 0 Å². The van der Waals surface area contributed by atoms with Gasteiger partial charge >= 0.3 is 0 Å². The Morgan fingerprint density at radius 3 is 2.94 bits per heavy atom. The molecule has 0 aliphatic heterocycles. The lowest BCUT2D eigenvalue weighted by Crippen LogP contribution is -2.28. The van der Waals surface area contributed by atoms with Crippen LogP contribution in [-0.2, 0) is 4.74 Å². The van der Waals surface area contributed by atoms with Gasteiger partial charge in [-0.3, -0.25) is 9.78 Å². The van der Waals surface area contributed by atoms with Gasteiger partial charge < -0.3 is 10.1 Å².